The van der Waals surface area contributed by atoms with Crippen molar-refractivity contribution in [3.63, 3.8) is 0 Å². The zero-order chi connectivity index (χ0) is 9.68. The molecule has 0 saturated heterocycles. The number of nitrogens with zero attached hydrogens (tertiary/aromatic N) is 2. The van der Waals surface area contributed by atoms with Crippen molar-refractivity contribution in [1.29, 1.82) is 0 Å². The average molecular weight is 185 g/mol. The molecule has 5 nitrogen and oxygen atoms in total. The van der Waals surface area contributed by atoms with E-state index in [4.69, 9.17) is 15.2 Å². The smallest absolute Gasteiger partial charge is 0.0985 e. The first kappa shape index (κ1) is 10.0. The summed E-state index contributed by atoms with van der Waals surface area (Å²) in [6.45, 7) is 1.13. The first-order valence-corrected chi connectivity index (χ1v) is 4.05. The van der Waals surface area contributed by atoms with Crippen LogP contribution in [-0.4, -0.2) is 37.2 Å². The number of methoxy groups -OCH3 is 2. The molecule has 74 valence electrons. The van der Waals surface area contributed by atoms with Crippen LogP contribution in [0.25, 0.3) is 0 Å². The fourth-order valence-electron chi connectivity index (χ4n) is 1.14. The van der Waals surface area contributed by atoms with E-state index in [0.717, 1.165) is 0 Å². The van der Waals surface area contributed by atoms with Crippen LogP contribution in [0.1, 0.15) is 6.04 Å². The number of aromatic nitrogens is 2. The second kappa shape index (κ2) is 4.84. The van der Waals surface area contributed by atoms with Crippen LogP contribution in [0.3, 0.4) is 0 Å². The summed E-state index contributed by atoms with van der Waals surface area (Å²) in [5.74, 6) is 0. The van der Waals surface area contributed by atoms with Gasteiger partial charge in [0.25, 0.3) is 0 Å². The molecule has 1 aromatic rings. The molecule has 2 N–H and O–H groups in total. The Kier molecular flexibility index (Phi) is 3.72. The van der Waals surface area contributed by atoms with Gasteiger partial charge in [0.1, 0.15) is 0 Å². The largest absolute Gasteiger partial charge is 0.396 e. The summed E-state index contributed by atoms with van der Waals surface area (Å²) < 4.78 is 11.8. The Hall–Kier alpha value is -1.07. The monoisotopic (exact) mass is 185 g/mol. The normalized spacial score (nSPS) is 11.0. The minimum absolute atomic E-state index is 0.0901. The lowest BCUT2D eigenvalue weighted by Gasteiger charge is -2.14. The number of hydrogen-bond donors (Lipinski definition) is 1. The molecule has 0 aliphatic heterocycles. The van der Waals surface area contributed by atoms with Crippen LogP contribution < -0.4 is 5.73 Å². The minimum atomic E-state index is 0.0901. The third-order valence-corrected chi connectivity index (χ3v) is 1.71. The molecular formula is C8H15N3O2. The van der Waals surface area contributed by atoms with Gasteiger partial charge in [-0.05, 0) is 0 Å². The first-order valence-electron chi connectivity index (χ1n) is 4.05. The van der Waals surface area contributed by atoms with Gasteiger partial charge in [-0.25, -0.2) is 0 Å². The van der Waals surface area contributed by atoms with E-state index in [9.17, 15) is 0 Å². The maximum absolute atomic E-state index is 5.54. The van der Waals surface area contributed by atoms with Gasteiger partial charge in [0, 0.05) is 20.4 Å². The van der Waals surface area contributed by atoms with Crippen molar-refractivity contribution in [2.24, 2.45) is 0 Å². The molecule has 5 heteroatoms. The number of rotatable bonds is 5. The van der Waals surface area contributed by atoms with Gasteiger partial charge in [-0.1, -0.05) is 0 Å². The Morgan fingerprint density at radius 2 is 2.08 bits per heavy atom. The van der Waals surface area contributed by atoms with Crippen LogP contribution in [-0.2, 0) is 9.47 Å². The lowest BCUT2D eigenvalue weighted by Crippen LogP contribution is -2.20. The minimum Gasteiger partial charge on any atom is -0.396 e. The lowest BCUT2D eigenvalue weighted by atomic mass is 10.3. The van der Waals surface area contributed by atoms with Gasteiger partial charge in [0.2, 0.25) is 0 Å². The van der Waals surface area contributed by atoms with Crippen molar-refractivity contribution in [3.05, 3.63) is 12.4 Å². The van der Waals surface area contributed by atoms with Crippen molar-refractivity contribution < 1.29 is 9.47 Å². The van der Waals surface area contributed by atoms with Crippen molar-refractivity contribution in [2.45, 2.75) is 6.04 Å². The Balaban J connectivity index is 2.63. The third kappa shape index (κ3) is 2.71. The summed E-state index contributed by atoms with van der Waals surface area (Å²) in [5, 5.41) is 4.08. The SMILES string of the molecule is COCC(COC)n1cc(N)cn1. The topological polar surface area (TPSA) is 62.3 Å². The van der Waals surface area contributed by atoms with Gasteiger partial charge in [0.15, 0.2) is 0 Å². The second-order valence-electron chi connectivity index (χ2n) is 2.82. The maximum atomic E-state index is 5.54. The second-order valence-corrected chi connectivity index (χ2v) is 2.82. The summed E-state index contributed by atoms with van der Waals surface area (Å²) in [4.78, 5) is 0. The molecule has 0 bridgehead atoms. The van der Waals surface area contributed by atoms with Crippen LogP contribution in [0.5, 0.6) is 0 Å². The van der Waals surface area contributed by atoms with Crippen LogP contribution >= 0.6 is 0 Å². The molecule has 0 radical (unpaired) electrons. The van der Waals surface area contributed by atoms with Crippen LogP contribution in [0.4, 0.5) is 5.69 Å². The molecule has 0 spiro atoms. The van der Waals surface area contributed by atoms with Crippen molar-refractivity contribution >= 4 is 5.69 Å². The Bertz CT molecular complexity index is 243. The van der Waals surface area contributed by atoms with E-state index in [-0.39, 0.29) is 6.04 Å². The highest BCUT2D eigenvalue weighted by Crippen LogP contribution is 2.08. The quantitative estimate of drug-likeness (QED) is 0.716. The number of nitrogens with two attached hydrogens (primary N) is 1. The van der Waals surface area contributed by atoms with E-state index < -0.39 is 0 Å². The zero-order valence-electron chi connectivity index (χ0n) is 7.93. The van der Waals surface area contributed by atoms with Crippen molar-refractivity contribution in [1.82, 2.24) is 9.78 Å². The third-order valence-electron chi connectivity index (χ3n) is 1.71. The molecule has 0 aromatic carbocycles. The van der Waals surface area contributed by atoms with E-state index in [1.165, 1.54) is 0 Å². The van der Waals surface area contributed by atoms with E-state index in [0.29, 0.717) is 18.9 Å². The molecule has 13 heavy (non-hydrogen) atoms. The molecule has 1 aromatic heterocycles. The maximum Gasteiger partial charge on any atom is 0.0985 e. The lowest BCUT2D eigenvalue weighted by molar-refractivity contribution is 0.0839. The predicted molar refractivity (Wildman–Crippen MR) is 49.4 cm³/mol. The summed E-state index contributed by atoms with van der Waals surface area (Å²) in [6.07, 6.45) is 3.38. The molecule has 1 rings (SSSR count). The Morgan fingerprint density at radius 3 is 2.46 bits per heavy atom. The molecule has 0 saturated carbocycles. The van der Waals surface area contributed by atoms with Crippen molar-refractivity contribution in [2.75, 3.05) is 33.2 Å². The highest BCUT2D eigenvalue weighted by atomic mass is 16.5. The Morgan fingerprint density at radius 1 is 1.46 bits per heavy atom. The van der Waals surface area contributed by atoms with E-state index in [1.807, 2.05) is 0 Å². The van der Waals surface area contributed by atoms with E-state index >= 15 is 0 Å². The first-order chi connectivity index (χ1) is 6.27. The summed E-state index contributed by atoms with van der Waals surface area (Å²) in [5.41, 5.74) is 6.19. The molecule has 0 aliphatic rings. The molecule has 0 unspecified atom stereocenters. The van der Waals surface area contributed by atoms with Gasteiger partial charge in [-0.15, -0.1) is 0 Å². The van der Waals surface area contributed by atoms with Crippen LogP contribution in [0.2, 0.25) is 0 Å². The standard InChI is InChI=1S/C8H15N3O2/c1-12-5-8(6-13-2)11-4-7(9)3-10-11/h3-4,8H,5-6,9H2,1-2H3. The number of hydrogen-bond acceptors (Lipinski definition) is 4. The summed E-state index contributed by atoms with van der Waals surface area (Å²) in [7, 11) is 3.30. The van der Waals surface area contributed by atoms with Gasteiger partial charge < -0.3 is 15.2 Å². The zero-order valence-corrected chi connectivity index (χ0v) is 7.93. The van der Waals surface area contributed by atoms with Gasteiger partial charge in [0.05, 0.1) is 31.1 Å². The summed E-state index contributed by atoms with van der Waals surface area (Å²) >= 11 is 0. The molecule has 0 fully saturated rings. The average Bonchev–Trinajstić information content (AvgIpc) is 2.51. The molecule has 1 heterocycles. The van der Waals surface area contributed by atoms with Gasteiger partial charge in [-0.3, -0.25) is 4.68 Å². The van der Waals surface area contributed by atoms with Crippen molar-refractivity contribution in [3.8, 4) is 0 Å². The molecule has 0 atom stereocenters. The number of ether oxygens (including phenoxy) is 2. The van der Waals surface area contributed by atoms with E-state index in [2.05, 4.69) is 5.10 Å². The predicted octanol–water partition coefficient (Wildman–Crippen LogP) is 0.299. The number of anilines is 1. The Labute approximate surface area is 77.4 Å². The van der Waals surface area contributed by atoms with E-state index in [1.54, 1.807) is 31.3 Å². The molecular weight excluding hydrogens is 170 g/mol. The summed E-state index contributed by atoms with van der Waals surface area (Å²) in [6, 6.07) is 0.0901. The van der Waals surface area contributed by atoms with Crippen LogP contribution in [0.15, 0.2) is 12.4 Å². The fraction of sp³-hybridized carbons (Fsp3) is 0.625. The fourth-order valence-corrected chi connectivity index (χ4v) is 1.14. The highest BCUT2D eigenvalue weighted by molar-refractivity contribution is 5.30. The van der Waals surface area contributed by atoms with Crippen LogP contribution in [0, 0.1) is 0 Å². The molecule has 0 amide bonds. The highest BCUT2D eigenvalue weighted by Gasteiger charge is 2.10. The molecule has 0 aliphatic carbocycles. The van der Waals surface area contributed by atoms with Gasteiger partial charge >= 0.3 is 0 Å². The number of nitrogen functional groups attached to an aromatic ring is 1. The van der Waals surface area contributed by atoms with Gasteiger partial charge in [-0.2, -0.15) is 5.10 Å².